The fourth-order valence-electron chi connectivity index (χ4n) is 3.31. The summed E-state index contributed by atoms with van der Waals surface area (Å²) in [7, 11) is 0. The quantitative estimate of drug-likeness (QED) is 0.907. The zero-order valence-electron chi connectivity index (χ0n) is 13.4. The van der Waals surface area contributed by atoms with Crippen molar-refractivity contribution in [1.29, 1.82) is 0 Å². The van der Waals surface area contributed by atoms with Gasteiger partial charge in [-0.25, -0.2) is 8.78 Å². The predicted molar refractivity (Wildman–Crippen MR) is 82.2 cm³/mol. The third-order valence-corrected chi connectivity index (χ3v) is 4.22. The minimum Gasteiger partial charge on any atom is -0.312 e. The molecule has 1 aromatic rings. The molecule has 4 heteroatoms. The lowest BCUT2D eigenvalue weighted by atomic mass is 9.90. The van der Waals surface area contributed by atoms with Gasteiger partial charge in [0.2, 0.25) is 0 Å². The summed E-state index contributed by atoms with van der Waals surface area (Å²) in [5.74, 6) is -1.45. The first-order chi connectivity index (χ1) is 9.90. The lowest BCUT2D eigenvalue weighted by Crippen LogP contribution is -2.48. The minimum atomic E-state index is -0.754. The molecule has 2 rings (SSSR count). The second-order valence-electron chi connectivity index (χ2n) is 6.53. The number of likely N-dealkylation sites (tertiary alicyclic amines) is 1. The van der Waals surface area contributed by atoms with Crippen LogP contribution in [-0.4, -0.2) is 29.6 Å². The van der Waals surface area contributed by atoms with Gasteiger partial charge in [0.05, 0.1) is 0 Å². The first-order valence-electron chi connectivity index (χ1n) is 7.85. The van der Waals surface area contributed by atoms with E-state index in [1.54, 1.807) is 12.1 Å². The van der Waals surface area contributed by atoms with E-state index in [0.29, 0.717) is 23.7 Å². The maximum atomic E-state index is 14.2. The second-order valence-corrected chi connectivity index (χ2v) is 6.53. The molecule has 1 aromatic carbocycles. The van der Waals surface area contributed by atoms with Crippen LogP contribution in [-0.2, 0) is 0 Å². The monoisotopic (exact) mass is 296 g/mol. The van der Waals surface area contributed by atoms with E-state index in [-0.39, 0.29) is 6.04 Å². The van der Waals surface area contributed by atoms with Gasteiger partial charge in [0.25, 0.3) is 0 Å². The standard InChI is InChI=1S/C17H26F2N2/c1-11(2)20-13-8-9-21(12(3)4)16(10-13)14-6-5-7-15(18)17(14)19/h5-7,11-13,16,20H,8-10H2,1-4H3/t13-,16+/m1/s1. The Bertz CT molecular complexity index is 474. The molecule has 21 heavy (non-hydrogen) atoms. The van der Waals surface area contributed by atoms with Crippen LogP contribution in [0.2, 0.25) is 0 Å². The molecule has 0 saturated carbocycles. The number of halogens is 2. The fourth-order valence-corrected chi connectivity index (χ4v) is 3.31. The van der Waals surface area contributed by atoms with Gasteiger partial charge in [0.1, 0.15) is 0 Å². The molecule has 0 bridgehead atoms. The Labute approximate surface area is 126 Å². The summed E-state index contributed by atoms with van der Waals surface area (Å²) in [6, 6.07) is 5.52. The summed E-state index contributed by atoms with van der Waals surface area (Å²) in [5, 5.41) is 3.53. The Morgan fingerprint density at radius 3 is 2.52 bits per heavy atom. The van der Waals surface area contributed by atoms with Gasteiger partial charge in [0, 0.05) is 36.3 Å². The lowest BCUT2D eigenvalue weighted by molar-refractivity contribution is 0.0877. The van der Waals surface area contributed by atoms with E-state index in [9.17, 15) is 8.78 Å². The molecule has 1 fully saturated rings. The molecular weight excluding hydrogens is 270 g/mol. The topological polar surface area (TPSA) is 15.3 Å². The number of nitrogens with one attached hydrogen (secondary N) is 1. The van der Waals surface area contributed by atoms with Crippen molar-refractivity contribution in [3.05, 3.63) is 35.4 Å². The van der Waals surface area contributed by atoms with E-state index in [1.165, 1.54) is 6.07 Å². The summed E-state index contributed by atoms with van der Waals surface area (Å²) in [6.07, 6.45) is 1.86. The van der Waals surface area contributed by atoms with E-state index in [1.807, 2.05) is 0 Å². The van der Waals surface area contributed by atoms with Crippen LogP contribution < -0.4 is 5.32 Å². The van der Waals surface area contributed by atoms with Crippen LogP contribution in [0.15, 0.2) is 18.2 Å². The largest absolute Gasteiger partial charge is 0.312 e. The van der Waals surface area contributed by atoms with Crippen molar-refractivity contribution in [3.8, 4) is 0 Å². The van der Waals surface area contributed by atoms with Crippen LogP contribution in [0.25, 0.3) is 0 Å². The average Bonchev–Trinajstić information content (AvgIpc) is 2.41. The highest BCUT2D eigenvalue weighted by atomic mass is 19.2. The number of hydrogen-bond donors (Lipinski definition) is 1. The molecule has 0 unspecified atom stereocenters. The maximum absolute atomic E-state index is 14.2. The van der Waals surface area contributed by atoms with Gasteiger partial charge in [-0.15, -0.1) is 0 Å². The lowest BCUT2D eigenvalue weighted by Gasteiger charge is -2.43. The zero-order valence-corrected chi connectivity index (χ0v) is 13.4. The van der Waals surface area contributed by atoms with Gasteiger partial charge in [-0.2, -0.15) is 0 Å². The molecule has 2 nitrogen and oxygen atoms in total. The van der Waals surface area contributed by atoms with E-state index in [0.717, 1.165) is 19.4 Å². The van der Waals surface area contributed by atoms with Crippen LogP contribution in [0.3, 0.4) is 0 Å². The van der Waals surface area contributed by atoms with Gasteiger partial charge >= 0.3 is 0 Å². The van der Waals surface area contributed by atoms with Gasteiger partial charge in [-0.3, -0.25) is 4.90 Å². The molecule has 0 spiro atoms. The predicted octanol–water partition coefficient (Wildman–Crippen LogP) is 3.88. The third kappa shape index (κ3) is 3.80. The molecule has 118 valence electrons. The molecule has 2 atom stereocenters. The van der Waals surface area contributed by atoms with E-state index in [4.69, 9.17) is 0 Å². The molecule has 1 aliphatic rings. The third-order valence-electron chi connectivity index (χ3n) is 4.22. The Balaban J connectivity index is 2.27. The smallest absolute Gasteiger partial charge is 0.163 e. The van der Waals surface area contributed by atoms with Crippen molar-refractivity contribution in [2.75, 3.05) is 6.54 Å². The number of hydrogen-bond acceptors (Lipinski definition) is 2. The Kier molecular flexibility index (Phi) is 5.33. The first-order valence-corrected chi connectivity index (χ1v) is 7.85. The van der Waals surface area contributed by atoms with Gasteiger partial charge in [-0.1, -0.05) is 26.0 Å². The van der Waals surface area contributed by atoms with E-state index >= 15 is 0 Å². The normalized spacial score (nSPS) is 24.0. The van der Waals surface area contributed by atoms with Gasteiger partial charge in [0.15, 0.2) is 11.6 Å². The molecule has 0 aliphatic carbocycles. The second kappa shape index (κ2) is 6.84. The molecule has 1 aliphatic heterocycles. The Morgan fingerprint density at radius 2 is 1.90 bits per heavy atom. The van der Waals surface area contributed by atoms with E-state index in [2.05, 4.69) is 37.9 Å². The summed E-state index contributed by atoms with van der Waals surface area (Å²) in [5.41, 5.74) is 0.485. The number of nitrogens with zero attached hydrogens (tertiary/aromatic N) is 1. The molecule has 0 radical (unpaired) electrons. The van der Waals surface area contributed by atoms with Crippen LogP contribution in [0.5, 0.6) is 0 Å². The summed E-state index contributed by atoms with van der Waals surface area (Å²) >= 11 is 0. The molecule has 1 N–H and O–H groups in total. The number of benzene rings is 1. The number of piperidine rings is 1. The van der Waals surface area contributed by atoms with Crippen LogP contribution in [0.4, 0.5) is 8.78 Å². The Hall–Kier alpha value is -1.00. The highest BCUT2D eigenvalue weighted by Crippen LogP contribution is 2.34. The summed E-state index contributed by atoms with van der Waals surface area (Å²) in [4.78, 5) is 2.27. The highest BCUT2D eigenvalue weighted by molar-refractivity contribution is 5.23. The summed E-state index contributed by atoms with van der Waals surface area (Å²) in [6.45, 7) is 9.36. The van der Waals surface area contributed by atoms with Crippen LogP contribution in [0.1, 0.15) is 52.1 Å². The maximum Gasteiger partial charge on any atom is 0.163 e. The zero-order chi connectivity index (χ0) is 15.6. The SMILES string of the molecule is CC(C)N[C@@H]1CCN(C(C)C)[C@H](c2cccc(F)c2F)C1. The van der Waals surface area contributed by atoms with E-state index < -0.39 is 11.6 Å². The van der Waals surface area contributed by atoms with Crippen molar-refractivity contribution < 1.29 is 8.78 Å². The molecule has 0 aromatic heterocycles. The fraction of sp³-hybridized carbons (Fsp3) is 0.647. The van der Waals surface area contributed by atoms with Crippen molar-refractivity contribution >= 4 is 0 Å². The first kappa shape index (κ1) is 16.4. The summed E-state index contributed by atoms with van der Waals surface area (Å²) < 4.78 is 27.8. The van der Waals surface area contributed by atoms with Crippen molar-refractivity contribution in [2.45, 2.75) is 64.7 Å². The van der Waals surface area contributed by atoms with Gasteiger partial charge < -0.3 is 5.32 Å². The number of rotatable bonds is 4. The van der Waals surface area contributed by atoms with Crippen LogP contribution >= 0.6 is 0 Å². The Morgan fingerprint density at radius 1 is 1.19 bits per heavy atom. The average molecular weight is 296 g/mol. The highest BCUT2D eigenvalue weighted by Gasteiger charge is 2.33. The molecule has 1 heterocycles. The van der Waals surface area contributed by atoms with Crippen molar-refractivity contribution in [1.82, 2.24) is 10.2 Å². The van der Waals surface area contributed by atoms with Crippen molar-refractivity contribution in [3.63, 3.8) is 0 Å². The molecular formula is C17H26F2N2. The minimum absolute atomic E-state index is 0.0642. The van der Waals surface area contributed by atoms with Gasteiger partial charge in [-0.05, 0) is 32.8 Å². The molecule has 0 amide bonds. The molecule has 1 saturated heterocycles. The van der Waals surface area contributed by atoms with Crippen LogP contribution in [0, 0.1) is 11.6 Å². The van der Waals surface area contributed by atoms with Crippen molar-refractivity contribution in [2.24, 2.45) is 0 Å².